The highest BCUT2D eigenvalue weighted by Crippen LogP contribution is 2.25. The van der Waals surface area contributed by atoms with Gasteiger partial charge in [0.15, 0.2) is 6.61 Å². The van der Waals surface area contributed by atoms with Crippen molar-refractivity contribution in [2.24, 2.45) is 0 Å². The van der Waals surface area contributed by atoms with Gasteiger partial charge >= 0.3 is 0 Å². The van der Waals surface area contributed by atoms with Gasteiger partial charge in [-0.2, -0.15) is 0 Å². The molecule has 0 bridgehead atoms. The SMILES string of the molecule is O=C1COc2ccc(OCc3cccnc3)nc2CN1CCOc1ccccc1. The molecule has 0 spiro atoms. The van der Waals surface area contributed by atoms with Crippen molar-refractivity contribution in [1.29, 1.82) is 0 Å². The minimum Gasteiger partial charge on any atom is -0.492 e. The van der Waals surface area contributed by atoms with Crippen LogP contribution in [0.2, 0.25) is 0 Å². The molecular weight excluding hydrogens is 370 g/mol. The molecule has 0 atom stereocenters. The summed E-state index contributed by atoms with van der Waals surface area (Å²) in [6, 6.07) is 16.9. The summed E-state index contributed by atoms with van der Waals surface area (Å²) in [5.41, 5.74) is 1.62. The maximum atomic E-state index is 12.4. The van der Waals surface area contributed by atoms with E-state index in [1.165, 1.54) is 0 Å². The van der Waals surface area contributed by atoms with Gasteiger partial charge in [0.25, 0.3) is 5.91 Å². The third-order valence-electron chi connectivity index (χ3n) is 4.43. The van der Waals surface area contributed by atoms with Gasteiger partial charge in [-0.1, -0.05) is 24.3 Å². The van der Waals surface area contributed by atoms with Crippen molar-refractivity contribution in [2.45, 2.75) is 13.2 Å². The fraction of sp³-hybridized carbons (Fsp3) is 0.227. The number of fused-ring (bicyclic) bond motifs is 1. The van der Waals surface area contributed by atoms with Crippen LogP contribution in [-0.4, -0.2) is 40.5 Å². The number of hydrogen-bond donors (Lipinski definition) is 0. The molecule has 7 nitrogen and oxygen atoms in total. The Balaban J connectivity index is 1.39. The second kappa shape index (κ2) is 9.05. The summed E-state index contributed by atoms with van der Waals surface area (Å²) in [6.45, 7) is 1.53. The first-order valence-corrected chi connectivity index (χ1v) is 9.38. The molecule has 0 fully saturated rings. The Morgan fingerprint density at radius 3 is 2.76 bits per heavy atom. The summed E-state index contributed by atoms with van der Waals surface area (Å²) < 4.78 is 17.1. The van der Waals surface area contributed by atoms with Gasteiger partial charge in [0.2, 0.25) is 5.88 Å². The van der Waals surface area contributed by atoms with Gasteiger partial charge in [-0.05, 0) is 24.3 Å². The minimum absolute atomic E-state index is 0.0180. The summed E-state index contributed by atoms with van der Waals surface area (Å²) in [7, 11) is 0. The quantitative estimate of drug-likeness (QED) is 0.617. The molecule has 29 heavy (non-hydrogen) atoms. The van der Waals surface area contributed by atoms with Gasteiger partial charge in [0, 0.05) is 24.0 Å². The molecule has 2 aromatic heterocycles. The predicted molar refractivity (Wildman–Crippen MR) is 106 cm³/mol. The second-order valence-corrected chi connectivity index (χ2v) is 6.51. The number of pyridine rings is 2. The predicted octanol–water partition coefficient (Wildman–Crippen LogP) is 2.86. The summed E-state index contributed by atoms with van der Waals surface area (Å²) in [5, 5.41) is 0. The number of rotatable bonds is 7. The molecule has 4 rings (SSSR count). The highest BCUT2D eigenvalue weighted by molar-refractivity contribution is 5.78. The maximum absolute atomic E-state index is 12.4. The van der Waals surface area contributed by atoms with Crippen LogP contribution in [0.15, 0.2) is 67.0 Å². The zero-order chi connectivity index (χ0) is 19.9. The van der Waals surface area contributed by atoms with Gasteiger partial charge in [-0.15, -0.1) is 0 Å². The number of benzene rings is 1. The number of nitrogens with zero attached hydrogens (tertiary/aromatic N) is 3. The molecule has 1 amide bonds. The van der Waals surface area contributed by atoms with E-state index in [0.717, 1.165) is 11.3 Å². The Labute approximate surface area is 168 Å². The molecule has 0 saturated carbocycles. The van der Waals surface area contributed by atoms with E-state index < -0.39 is 0 Å². The number of carbonyl (C=O) groups excluding carboxylic acids is 1. The van der Waals surface area contributed by atoms with Crippen LogP contribution in [0, 0.1) is 0 Å². The molecule has 7 heteroatoms. The summed E-state index contributed by atoms with van der Waals surface area (Å²) >= 11 is 0. The van der Waals surface area contributed by atoms with Gasteiger partial charge in [-0.25, -0.2) is 4.98 Å². The first-order chi connectivity index (χ1) is 14.3. The minimum atomic E-state index is -0.0995. The molecule has 0 saturated heterocycles. The lowest BCUT2D eigenvalue weighted by molar-refractivity contribution is -0.133. The normalized spacial score (nSPS) is 13.2. The molecular formula is C22H21N3O4. The van der Waals surface area contributed by atoms with Gasteiger partial charge in [-0.3, -0.25) is 9.78 Å². The smallest absolute Gasteiger partial charge is 0.260 e. The van der Waals surface area contributed by atoms with Crippen molar-refractivity contribution >= 4 is 5.91 Å². The molecule has 1 aliphatic heterocycles. The van der Waals surface area contributed by atoms with E-state index in [4.69, 9.17) is 14.2 Å². The summed E-state index contributed by atoms with van der Waals surface area (Å²) in [5.74, 6) is 1.75. The molecule has 0 unspecified atom stereocenters. The highest BCUT2D eigenvalue weighted by Gasteiger charge is 2.23. The molecule has 0 N–H and O–H groups in total. The van der Waals surface area contributed by atoms with E-state index in [9.17, 15) is 4.79 Å². The lowest BCUT2D eigenvalue weighted by Crippen LogP contribution is -2.35. The highest BCUT2D eigenvalue weighted by atomic mass is 16.5. The van der Waals surface area contributed by atoms with Crippen LogP contribution in [-0.2, 0) is 17.9 Å². The number of carbonyl (C=O) groups is 1. The number of para-hydroxylation sites is 1. The van der Waals surface area contributed by atoms with Crippen LogP contribution in [0.1, 0.15) is 11.3 Å². The van der Waals surface area contributed by atoms with Crippen LogP contribution >= 0.6 is 0 Å². The van der Waals surface area contributed by atoms with Gasteiger partial charge in [0.1, 0.15) is 30.4 Å². The summed E-state index contributed by atoms with van der Waals surface area (Å²) in [4.78, 5) is 22.7. The molecule has 1 aliphatic rings. The van der Waals surface area contributed by atoms with E-state index in [2.05, 4.69) is 9.97 Å². The van der Waals surface area contributed by atoms with Crippen LogP contribution in [0.25, 0.3) is 0 Å². The first-order valence-electron chi connectivity index (χ1n) is 9.38. The lowest BCUT2D eigenvalue weighted by Gasteiger charge is -2.19. The van der Waals surface area contributed by atoms with Crippen LogP contribution in [0.4, 0.5) is 0 Å². The van der Waals surface area contributed by atoms with Crippen molar-refractivity contribution in [3.8, 4) is 17.4 Å². The van der Waals surface area contributed by atoms with Gasteiger partial charge < -0.3 is 19.1 Å². The van der Waals surface area contributed by atoms with E-state index in [1.54, 1.807) is 29.4 Å². The fourth-order valence-electron chi connectivity index (χ4n) is 2.93. The molecule has 148 valence electrons. The van der Waals surface area contributed by atoms with Crippen LogP contribution < -0.4 is 14.2 Å². The van der Waals surface area contributed by atoms with Crippen LogP contribution in [0.3, 0.4) is 0 Å². The maximum Gasteiger partial charge on any atom is 0.260 e. The molecule has 3 heterocycles. The average molecular weight is 391 g/mol. The third-order valence-corrected chi connectivity index (χ3v) is 4.43. The van der Waals surface area contributed by atoms with Crippen molar-refractivity contribution in [2.75, 3.05) is 19.8 Å². The van der Waals surface area contributed by atoms with Crippen LogP contribution in [0.5, 0.6) is 17.4 Å². The molecule has 1 aromatic carbocycles. The Kier molecular flexibility index (Phi) is 5.85. The molecule has 0 radical (unpaired) electrons. The van der Waals surface area contributed by atoms with E-state index in [1.807, 2.05) is 42.5 Å². The monoisotopic (exact) mass is 391 g/mol. The standard InChI is InChI=1S/C22H21N3O4/c26-22-16-28-20-8-9-21(29-15-17-5-4-10-23-13-17)24-19(20)14-25(22)11-12-27-18-6-2-1-3-7-18/h1-10,13H,11-12,14-16H2. The zero-order valence-corrected chi connectivity index (χ0v) is 15.9. The van der Waals surface area contributed by atoms with Crippen molar-refractivity contribution in [1.82, 2.24) is 14.9 Å². The van der Waals surface area contributed by atoms with Gasteiger partial charge in [0.05, 0.1) is 13.1 Å². The summed E-state index contributed by atoms with van der Waals surface area (Å²) in [6.07, 6.45) is 3.47. The Morgan fingerprint density at radius 1 is 1.03 bits per heavy atom. The number of aromatic nitrogens is 2. The number of ether oxygens (including phenoxy) is 3. The second-order valence-electron chi connectivity index (χ2n) is 6.51. The Morgan fingerprint density at radius 2 is 1.93 bits per heavy atom. The lowest BCUT2D eigenvalue weighted by atomic mass is 10.3. The largest absolute Gasteiger partial charge is 0.492 e. The molecule has 3 aromatic rings. The van der Waals surface area contributed by atoms with E-state index >= 15 is 0 Å². The Bertz CT molecular complexity index is 951. The third kappa shape index (κ3) is 5.01. The van der Waals surface area contributed by atoms with Crippen molar-refractivity contribution in [3.63, 3.8) is 0 Å². The first kappa shape index (κ1) is 18.7. The average Bonchev–Trinajstić information content (AvgIpc) is 2.92. The molecule has 0 aliphatic carbocycles. The zero-order valence-electron chi connectivity index (χ0n) is 15.9. The van der Waals surface area contributed by atoms with E-state index in [-0.39, 0.29) is 12.5 Å². The van der Waals surface area contributed by atoms with E-state index in [0.29, 0.717) is 43.6 Å². The Hall–Kier alpha value is -3.61. The topological polar surface area (TPSA) is 73.8 Å². The van der Waals surface area contributed by atoms with Crippen molar-refractivity contribution < 1.29 is 19.0 Å². The number of amides is 1. The van der Waals surface area contributed by atoms with Crippen molar-refractivity contribution in [3.05, 3.63) is 78.2 Å². The fourth-order valence-corrected chi connectivity index (χ4v) is 2.93. The number of hydrogen-bond acceptors (Lipinski definition) is 6.